The number of nitrogens with zero attached hydrogens (tertiary/aromatic N) is 4. The maximum absolute atomic E-state index is 15.6. The molecule has 1 N–H and O–H groups in total. The topological polar surface area (TPSA) is 122 Å². The lowest BCUT2D eigenvalue weighted by Gasteiger charge is -2.27. The molecular weight excluding hydrogens is 601 g/mol. The second kappa shape index (κ2) is 13.7. The molecule has 4 heterocycles. The lowest BCUT2D eigenvalue weighted by atomic mass is 9.86. The van der Waals surface area contributed by atoms with Crippen molar-refractivity contribution in [1.82, 2.24) is 9.97 Å². The number of thiazole rings is 1. The van der Waals surface area contributed by atoms with Crippen LogP contribution in [0, 0.1) is 17.0 Å². The van der Waals surface area contributed by atoms with E-state index >= 15 is 4.39 Å². The summed E-state index contributed by atoms with van der Waals surface area (Å²) in [6.07, 6.45) is 4.07. The number of amides is 2. The molecule has 2 aliphatic heterocycles. The number of hydrogen-bond donors (Lipinski definition) is 1. The summed E-state index contributed by atoms with van der Waals surface area (Å²) in [5.74, 6) is -2.14. The maximum Gasteiger partial charge on any atom is 0.387 e. The van der Waals surface area contributed by atoms with Crippen LogP contribution in [0.3, 0.4) is 0 Å². The molecule has 2 amide bonds. The smallest absolute Gasteiger partial charge is 0.387 e. The van der Waals surface area contributed by atoms with Crippen LogP contribution in [-0.2, 0) is 19.1 Å². The Kier molecular flexibility index (Phi) is 9.79. The van der Waals surface area contributed by atoms with Gasteiger partial charge in [-0.25, -0.2) is 9.97 Å². The van der Waals surface area contributed by atoms with Crippen molar-refractivity contribution in [2.45, 2.75) is 45.1 Å². The second-order valence-corrected chi connectivity index (χ2v) is 11.7. The van der Waals surface area contributed by atoms with Crippen molar-refractivity contribution in [2.24, 2.45) is 11.8 Å². The molecule has 1 atom stereocenters. The summed E-state index contributed by atoms with van der Waals surface area (Å²) in [5.41, 5.74) is 0.847. The Labute approximate surface area is 255 Å². The van der Waals surface area contributed by atoms with Gasteiger partial charge in [0, 0.05) is 56.5 Å². The van der Waals surface area contributed by atoms with E-state index in [0.29, 0.717) is 73.7 Å². The Morgan fingerprint density at radius 1 is 1.20 bits per heavy atom. The van der Waals surface area contributed by atoms with Crippen LogP contribution in [0.2, 0.25) is 0 Å². The van der Waals surface area contributed by atoms with Crippen LogP contribution in [0.25, 0.3) is 22.4 Å². The second-order valence-electron chi connectivity index (χ2n) is 10.7. The van der Waals surface area contributed by atoms with Gasteiger partial charge in [-0.1, -0.05) is 11.3 Å². The molecule has 44 heavy (non-hydrogen) atoms. The molecule has 234 valence electrons. The summed E-state index contributed by atoms with van der Waals surface area (Å²) in [6, 6.07) is 7.38. The quantitative estimate of drug-likeness (QED) is 0.290. The summed E-state index contributed by atoms with van der Waals surface area (Å²) in [5, 5.41) is 8.68. The highest BCUT2D eigenvalue weighted by Crippen LogP contribution is 2.40. The molecule has 0 aliphatic carbocycles. The molecule has 0 bridgehead atoms. The number of ether oxygens (including phenoxy) is 2. The Hall–Kier alpha value is -4.04. The van der Waals surface area contributed by atoms with Crippen molar-refractivity contribution >= 4 is 40.1 Å². The molecule has 10 nitrogen and oxygen atoms in total. The summed E-state index contributed by atoms with van der Waals surface area (Å²) in [6.45, 7) is -1.48. The number of pyridine rings is 1. The summed E-state index contributed by atoms with van der Waals surface area (Å²) < 4.78 is 51.6. The van der Waals surface area contributed by atoms with Gasteiger partial charge >= 0.3 is 12.6 Å². The van der Waals surface area contributed by atoms with E-state index in [1.54, 1.807) is 17.0 Å². The van der Waals surface area contributed by atoms with Crippen molar-refractivity contribution in [1.29, 1.82) is 0 Å². The predicted molar refractivity (Wildman–Crippen MR) is 156 cm³/mol. The van der Waals surface area contributed by atoms with Crippen LogP contribution in [0.4, 0.5) is 24.1 Å². The molecular formula is C30H31F3N4O6S. The Bertz CT molecular complexity index is 1510. The first-order chi connectivity index (χ1) is 21.1. The van der Waals surface area contributed by atoms with E-state index in [1.165, 1.54) is 31.4 Å². The van der Waals surface area contributed by atoms with Crippen molar-refractivity contribution < 1.29 is 42.1 Å². The average Bonchev–Trinajstić information content (AvgIpc) is 3.61. The minimum absolute atomic E-state index is 0.0167. The Balaban J connectivity index is 1.46. The highest BCUT2D eigenvalue weighted by Gasteiger charge is 2.31. The highest BCUT2D eigenvalue weighted by molar-refractivity contribution is 7.14. The lowest BCUT2D eigenvalue weighted by molar-refractivity contribution is -0.141. The minimum Gasteiger partial charge on any atom is -0.481 e. The van der Waals surface area contributed by atoms with E-state index in [4.69, 9.17) is 4.74 Å². The normalized spacial score (nSPS) is 16.4. The van der Waals surface area contributed by atoms with Crippen LogP contribution >= 0.6 is 11.3 Å². The zero-order chi connectivity index (χ0) is 31.4. The van der Waals surface area contributed by atoms with E-state index in [0.717, 1.165) is 11.3 Å². The van der Waals surface area contributed by atoms with Gasteiger partial charge in [0.15, 0.2) is 5.13 Å². The highest BCUT2D eigenvalue weighted by atomic mass is 32.1. The number of rotatable bonds is 11. The fourth-order valence-electron chi connectivity index (χ4n) is 5.58. The number of benzene rings is 1. The zero-order valence-corrected chi connectivity index (χ0v) is 24.7. The number of halogens is 3. The summed E-state index contributed by atoms with van der Waals surface area (Å²) in [4.78, 5) is 48.7. The number of carbonyl (C=O) groups is 3. The fourth-order valence-corrected chi connectivity index (χ4v) is 6.35. The molecule has 3 aromatic rings. The van der Waals surface area contributed by atoms with Crippen LogP contribution in [0.15, 0.2) is 36.5 Å². The van der Waals surface area contributed by atoms with Gasteiger partial charge in [-0.3, -0.25) is 24.2 Å². The van der Waals surface area contributed by atoms with Gasteiger partial charge in [-0.05, 0) is 67.5 Å². The first-order valence-electron chi connectivity index (χ1n) is 14.2. The fraction of sp³-hybridized carbons (Fsp3) is 0.433. The van der Waals surface area contributed by atoms with Gasteiger partial charge in [0.2, 0.25) is 16.9 Å². The van der Waals surface area contributed by atoms with Gasteiger partial charge < -0.3 is 14.6 Å². The standard InChI is InChI=1S/C30H31F3N4O6S/c1-36(28(41)19(14-25(39)40)13-17-8-11-42-12-9-17)30-35-26(27(31)44-30)22-15-20(43-29(32)33)5-6-21(22)18-4-7-23(34-16-18)37-10-2-3-24(37)38/h4-7,15-17,19,29H,2-3,8-14H2,1H3,(H,39,40)/t19-/m1/s1. The summed E-state index contributed by atoms with van der Waals surface area (Å²) in [7, 11) is 1.41. The predicted octanol–water partition coefficient (Wildman–Crippen LogP) is 5.61. The number of aliphatic carboxylic acids is 1. The molecule has 2 aromatic heterocycles. The van der Waals surface area contributed by atoms with E-state index < -0.39 is 29.5 Å². The number of carboxylic acids is 1. The zero-order valence-electron chi connectivity index (χ0n) is 23.9. The maximum atomic E-state index is 15.6. The van der Waals surface area contributed by atoms with E-state index in [-0.39, 0.29) is 40.4 Å². The van der Waals surface area contributed by atoms with Crippen molar-refractivity contribution in [3.05, 3.63) is 41.7 Å². The van der Waals surface area contributed by atoms with Gasteiger partial charge in [0.05, 0.1) is 6.42 Å². The van der Waals surface area contributed by atoms with Gasteiger partial charge in [-0.15, -0.1) is 0 Å². The Morgan fingerprint density at radius 2 is 1.98 bits per heavy atom. The molecule has 2 saturated heterocycles. The lowest BCUT2D eigenvalue weighted by Crippen LogP contribution is -2.35. The first kappa shape index (κ1) is 31.4. The number of anilines is 2. The molecule has 0 unspecified atom stereocenters. The molecule has 14 heteroatoms. The number of carboxylic acid groups (broad SMARTS) is 1. The number of hydrogen-bond acceptors (Lipinski definition) is 8. The largest absolute Gasteiger partial charge is 0.481 e. The van der Waals surface area contributed by atoms with E-state index in [2.05, 4.69) is 14.7 Å². The number of aromatic nitrogens is 2. The third-order valence-electron chi connectivity index (χ3n) is 7.80. The monoisotopic (exact) mass is 632 g/mol. The molecule has 2 aliphatic rings. The number of alkyl halides is 2. The third-order valence-corrected chi connectivity index (χ3v) is 8.72. The van der Waals surface area contributed by atoms with E-state index in [1.807, 2.05) is 0 Å². The van der Waals surface area contributed by atoms with Crippen LogP contribution in [0.1, 0.15) is 38.5 Å². The molecule has 0 radical (unpaired) electrons. The van der Waals surface area contributed by atoms with Crippen LogP contribution in [-0.4, -0.2) is 66.3 Å². The SMILES string of the molecule is CN(C(=O)[C@@H](CC(=O)O)CC1CCOCC1)c1nc(-c2cc(OC(F)F)ccc2-c2ccc(N3CCCC3=O)nc2)c(F)s1. The molecule has 1 aromatic carbocycles. The number of carbonyl (C=O) groups excluding carboxylic acids is 2. The third kappa shape index (κ3) is 7.18. The van der Waals surface area contributed by atoms with Gasteiger partial charge in [0.25, 0.3) is 0 Å². The first-order valence-corrected chi connectivity index (χ1v) is 15.0. The van der Waals surface area contributed by atoms with Crippen LogP contribution in [0.5, 0.6) is 5.75 Å². The average molecular weight is 633 g/mol. The van der Waals surface area contributed by atoms with E-state index in [9.17, 15) is 28.3 Å². The Morgan fingerprint density at radius 3 is 2.61 bits per heavy atom. The minimum atomic E-state index is -3.12. The van der Waals surface area contributed by atoms with Crippen molar-refractivity contribution in [2.75, 3.05) is 36.6 Å². The van der Waals surface area contributed by atoms with Crippen molar-refractivity contribution in [3.63, 3.8) is 0 Å². The molecule has 5 rings (SSSR count). The van der Waals surface area contributed by atoms with Gasteiger partial charge in [-0.2, -0.15) is 13.2 Å². The molecule has 2 fully saturated rings. The summed E-state index contributed by atoms with van der Waals surface area (Å²) >= 11 is 0.582. The molecule has 0 spiro atoms. The van der Waals surface area contributed by atoms with Crippen LogP contribution < -0.4 is 14.5 Å². The van der Waals surface area contributed by atoms with Crippen molar-refractivity contribution in [3.8, 4) is 28.1 Å². The van der Waals surface area contributed by atoms with Gasteiger partial charge in [0.1, 0.15) is 17.3 Å². The molecule has 0 saturated carbocycles.